The lowest BCUT2D eigenvalue weighted by atomic mass is 10.2. The lowest BCUT2D eigenvalue weighted by Crippen LogP contribution is -2.06. The van der Waals surface area contributed by atoms with E-state index in [1.165, 1.54) is 6.29 Å². The number of esters is 1. The maximum Gasteiger partial charge on any atom is 0.338 e. The minimum atomic E-state index is -0.501. The van der Waals surface area contributed by atoms with Crippen molar-refractivity contribution >= 4 is 12.3 Å². The SMILES string of the molecule is O=[C]COC(=O)c1ccccc1. The van der Waals surface area contributed by atoms with E-state index in [1.54, 1.807) is 30.3 Å². The Balaban J connectivity index is 2.59. The zero-order valence-corrected chi connectivity index (χ0v) is 6.32. The fourth-order valence-corrected chi connectivity index (χ4v) is 0.753. The molecule has 0 spiro atoms. The van der Waals surface area contributed by atoms with Crippen molar-refractivity contribution in [1.29, 1.82) is 0 Å². The van der Waals surface area contributed by atoms with Crippen LogP contribution in [0.1, 0.15) is 10.4 Å². The van der Waals surface area contributed by atoms with Gasteiger partial charge in [0.15, 0.2) is 6.61 Å². The average Bonchev–Trinajstić information content (AvgIpc) is 2.15. The predicted octanol–water partition coefficient (Wildman–Crippen LogP) is 0.953. The third kappa shape index (κ3) is 2.20. The Labute approximate surface area is 70.0 Å². The number of hydrogen-bond acceptors (Lipinski definition) is 3. The topological polar surface area (TPSA) is 43.4 Å². The number of benzene rings is 1. The van der Waals surface area contributed by atoms with Crippen LogP contribution in [0.2, 0.25) is 0 Å². The van der Waals surface area contributed by atoms with Gasteiger partial charge in [-0.3, -0.25) is 4.79 Å². The summed E-state index contributed by atoms with van der Waals surface area (Å²) in [6, 6.07) is 8.48. The average molecular weight is 163 g/mol. The van der Waals surface area contributed by atoms with Crippen molar-refractivity contribution in [3.63, 3.8) is 0 Å². The third-order valence-electron chi connectivity index (χ3n) is 1.27. The minimum Gasteiger partial charge on any atom is -0.454 e. The lowest BCUT2D eigenvalue weighted by molar-refractivity contribution is 0.0561. The van der Waals surface area contributed by atoms with Crippen LogP contribution < -0.4 is 0 Å². The molecule has 0 bridgehead atoms. The maximum absolute atomic E-state index is 11.0. The number of carbonyl (C=O) groups is 1. The van der Waals surface area contributed by atoms with Crippen molar-refractivity contribution < 1.29 is 14.3 Å². The molecule has 1 radical (unpaired) electrons. The summed E-state index contributed by atoms with van der Waals surface area (Å²) in [5.41, 5.74) is 0.438. The number of carbonyl (C=O) groups excluding carboxylic acids is 2. The molecule has 0 fully saturated rings. The van der Waals surface area contributed by atoms with Crippen LogP contribution in [-0.4, -0.2) is 18.9 Å². The summed E-state index contributed by atoms with van der Waals surface area (Å²) in [6.45, 7) is -0.312. The third-order valence-corrected chi connectivity index (χ3v) is 1.27. The van der Waals surface area contributed by atoms with Crippen LogP contribution in [0.5, 0.6) is 0 Å². The van der Waals surface area contributed by atoms with E-state index in [-0.39, 0.29) is 6.61 Å². The Bertz CT molecular complexity index is 266. The van der Waals surface area contributed by atoms with Crippen LogP contribution in [0.4, 0.5) is 0 Å². The van der Waals surface area contributed by atoms with Crippen LogP contribution in [0.25, 0.3) is 0 Å². The second-order valence-corrected chi connectivity index (χ2v) is 2.09. The van der Waals surface area contributed by atoms with Crippen LogP contribution in [0, 0.1) is 0 Å². The van der Waals surface area contributed by atoms with Crippen molar-refractivity contribution in [2.24, 2.45) is 0 Å². The molecule has 0 atom stereocenters. The molecular formula is C9H7O3. The zero-order chi connectivity index (χ0) is 8.81. The van der Waals surface area contributed by atoms with Crippen LogP contribution >= 0.6 is 0 Å². The standard InChI is InChI=1S/C9H7O3/c10-6-7-12-9(11)8-4-2-1-3-5-8/h1-5H,7H2. The number of ether oxygens (including phenoxy) is 1. The molecule has 61 valence electrons. The number of hydrogen-bond donors (Lipinski definition) is 0. The zero-order valence-electron chi connectivity index (χ0n) is 6.32. The molecule has 12 heavy (non-hydrogen) atoms. The van der Waals surface area contributed by atoms with Crippen LogP contribution in [0.15, 0.2) is 30.3 Å². The molecule has 0 saturated heterocycles. The summed E-state index contributed by atoms with van der Waals surface area (Å²) in [6.07, 6.45) is 1.48. The van der Waals surface area contributed by atoms with E-state index in [2.05, 4.69) is 4.74 Å². The van der Waals surface area contributed by atoms with E-state index < -0.39 is 5.97 Å². The molecule has 0 aromatic heterocycles. The van der Waals surface area contributed by atoms with Crippen molar-refractivity contribution in [1.82, 2.24) is 0 Å². The lowest BCUT2D eigenvalue weighted by Gasteiger charge is -1.98. The van der Waals surface area contributed by atoms with Crippen molar-refractivity contribution in [3.05, 3.63) is 35.9 Å². The Morgan fingerprint density at radius 2 is 2.00 bits per heavy atom. The monoisotopic (exact) mass is 163 g/mol. The fraction of sp³-hybridized carbons (Fsp3) is 0.111. The largest absolute Gasteiger partial charge is 0.454 e. The van der Waals surface area contributed by atoms with Gasteiger partial charge in [0.05, 0.1) is 5.56 Å². The Morgan fingerprint density at radius 3 is 2.58 bits per heavy atom. The predicted molar refractivity (Wildman–Crippen MR) is 42.4 cm³/mol. The quantitative estimate of drug-likeness (QED) is 0.623. The van der Waals surface area contributed by atoms with Crippen LogP contribution in [0.3, 0.4) is 0 Å². The van der Waals surface area contributed by atoms with E-state index in [4.69, 9.17) is 0 Å². The number of rotatable bonds is 3. The van der Waals surface area contributed by atoms with Gasteiger partial charge in [-0.1, -0.05) is 18.2 Å². The summed E-state index contributed by atoms with van der Waals surface area (Å²) in [5, 5.41) is 0. The molecule has 0 N–H and O–H groups in total. The highest BCUT2D eigenvalue weighted by molar-refractivity contribution is 5.89. The van der Waals surface area contributed by atoms with E-state index in [1.807, 2.05) is 0 Å². The highest BCUT2D eigenvalue weighted by Crippen LogP contribution is 1.99. The summed E-state index contributed by atoms with van der Waals surface area (Å²) in [7, 11) is 0. The molecule has 0 amide bonds. The first-order valence-corrected chi connectivity index (χ1v) is 3.42. The maximum atomic E-state index is 11.0. The fourth-order valence-electron chi connectivity index (χ4n) is 0.753. The van der Waals surface area contributed by atoms with E-state index in [9.17, 15) is 9.59 Å². The van der Waals surface area contributed by atoms with Gasteiger partial charge in [0, 0.05) is 0 Å². The first kappa shape index (κ1) is 8.46. The molecule has 0 aliphatic rings. The Hall–Kier alpha value is -1.64. The molecule has 1 aromatic carbocycles. The summed E-state index contributed by atoms with van der Waals surface area (Å²) in [5.74, 6) is -0.501. The first-order valence-electron chi connectivity index (χ1n) is 3.42. The molecule has 0 aliphatic carbocycles. The van der Waals surface area contributed by atoms with E-state index >= 15 is 0 Å². The molecule has 1 aromatic rings. The smallest absolute Gasteiger partial charge is 0.338 e. The van der Waals surface area contributed by atoms with Crippen molar-refractivity contribution in [2.75, 3.05) is 6.61 Å². The van der Waals surface area contributed by atoms with Gasteiger partial charge in [0.25, 0.3) is 0 Å². The van der Waals surface area contributed by atoms with Gasteiger partial charge in [-0.15, -0.1) is 0 Å². The molecule has 3 heteroatoms. The molecular weight excluding hydrogens is 156 g/mol. The Morgan fingerprint density at radius 1 is 1.33 bits per heavy atom. The summed E-state index contributed by atoms with van der Waals surface area (Å²) >= 11 is 0. The summed E-state index contributed by atoms with van der Waals surface area (Å²) < 4.78 is 4.51. The van der Waals surface area contributed by atoms with Crippen LogP contribution in [-0.2, 0) is 9.53 Å². The van der Waals surface area contributed by atoms with Crippen molar-refractivity contribution in [3.8, 4) is 0 Å². The second-order valence-electron chi connectivity index (χ2n) is 2.09. The normalized spacial score (nSPS) is 9.00. The minimum absolute atomic E-state index is 0.312. The van der Waals surface area contributed by atoms with Crippen molar-refractivity contribution in [2.45, 2.75) is 0 Å². The van der Waals surface area contributed by atoms with E-state index in [0.29, 0.717) is 5.56 Å². The van der Waals surface area contributed by atoms with Gasteiger partial charge in [-0.25, -0.2) is 4.79 Å². The highest BCUT2D eigenvalue weighted by atomic mass is 16.5. The van der Waals surface area contributed by atoms with Gasteiger partial charge >= 0.3 is 5.97 Å². The molecule has 0 saturated carbocycles. The van der Waals surface area contributed by atoms with Gasteiger partial charge in [-0.2, -0.15) is 0 Å². The van der Waals surface area contributed by atoms with E-state index in [0.717, 1.165) is 0 Å². The second kappa shape index (κ2) is 4.28. The molecule has 1 rings (SSSR count). The summed E-state index contributed by atoms with van der Waals surface area (Å²) in [4.78, 5) is 20.7. The molecule has 0 unspecified atom stereocenters. The highest BCUT2D eigenvalue weighted by Gasteiger charge is 2.03. The van der Waals surface area contributed by atoms with Gasteiger partial charge in [0.2, 0.25) is 6.29 Å². The first-order chi connectivity index (χ1) is 5.84. The molecule has 0 aliphatic heterocycles. The van der Waals surface area contributed by atoms with Gasteiger partial charge in [-0.05, 0) is 12.1 Å². The van der Waals surface area contributed by atoms with Gasteiger partial charge in [0.1, 0.15) is 0 Å². The molecule has 0 heterocycles. The molecule has 3 nitrogen and oxygen atoms in total. The Kier molecular flexibility index (Phi) is 3.02. The van der Waals surface area contributed by atoms with Gasteiger partial charge < -0.3 is 4.74 Å².